The average Bonchev–Trinajstić information content (AvgIpc) is 2.35. The summed E-state index contributed by atoms with van der Waals surface area (Å²) in [5, 5.41) is 11.7. The minimum absolute atomic E-state index is 0.362. The molecule has 0 fully saturated rings. The molecule has 108 valence electrons. The summed E-state index contributed by atoms with van der Waals surface area (Å²) in [5.74, 6) is -0.728. The van der Waals surface area contributed by atoms with Gasteiger partial charge in [-0.2, -0.15) is 0 Å². The first-order valence-corrected chi connectivity index (χ1v) is 7.62. The zero-order valence-corrected chi connectivity index (χ0v) is 12.2. The van der Waals surface area contributed by atoms with Crippen molar-refractivity contribution in [2.24, 2.45) is 0 Å². The molecule has 0 saturated carbocycles. The van der Waals surface area contributed by atoms with Gasteiger partial charge in [-0.05, 0) is 13.5 Å². The third-order valence-electron chi connectivity index (χ3n) is 3.49. The zero-order valence-electron chi connectivity index (χ0n) is 12.2. The Kier molecular flexibility index (Phi) is 12.5. The quantitative estimate of drug-likeness (QED) is 0.491. The second-order valence-electron chi connectivity index (χ2n) is 5.15. The fraction of sp³-hybridized carbons (Fsp3) is 0.933. The summed E-state index contributed by atoms with van der Waals surface area (Å²) in [6.07, 6.45) is 13.7. The van der Waals surface area contributed by atoms with Crippen molar-refractivity contribution in [3.05, 3.63) is 0 Å². The minimum Gasteiger partial charge on any atom is -0.480 e. The lowest BCUT2D eigenvalue weighted by atomic mass is 10.0. The van der Waals surface area contributed by atoms with Gasteiger partial charge in [-0.15, -0.1) is 0 Å². The number of unbranched alkanes of at least 4 members (excludes halogenated alkanes) is 9. The SMILES string of the molecule is CCCCCCCCCCCCC(NC)C(=O)O. The molecule has 0 aromatic heterocycles. The number of carboxylic acids is 1. The normalized spacial score (nSPS) is 12.6. The molecule has 0 amide bonds. The van der Waals surface area contributed by atoms with Gasteiger partial charge in [0.15, 0.2) is 0 Å². The summed E-state index contributed by atoms with van der Waals surface area (Å²) < 4.78 is 0. The summed E-state index contributed by atoms with van der Waals surface area (Å²) in [4.78, 5) is 10.8. The van der Waals surface area contributed by atoms with Crippen LogP contribution in [0.15, 0.2) is 0 Å². The fourth-order valence-corrected chi connectivity index (χ4v) is 2.23. The lowest BCUT2D eigenvalue weighted by molar-refractivity contribution is -0.139. The van der Waals surface area contributed by atoms with E-state index >= 15 is 0 Å². The fourth-order valence-electron chi connectivity index (χ4n) is 2.23. The predicted octanol–water partition coefficient (Wildman–Crippen LogP) is 3.97. The minimum atomic E-state index is -0.728. The van der Waals surface area contributed by atoms with Gasteiger partial charge in [0, 0.05) is 0 Å². The van der Waals surface area contributed by atoms with Gasteiger partial charge < -0.3 is 10.4 Å². The number of nitrogens with one attached hydrogen (secondary N) is 1. The van der Waals surface area contributed by atoms with Crippen molar-refractivity contribution in [3.8, 4) is 0 Å². The first-order chi connectivity index (χ1) is 8.72. The third-order valence-corrected chi connectivity index (χ3v) is 3.49. The maximum absolute atomic E-state index is 10.8. The molecule has 0 aliphatic carbocycles. The number of carboxylic acid groups (broad SMARTS) is 1. The Bertz CT molecular complexity index is 195. The topological polar surface area (TPSA) is 49.3 Å². The molecule has 0 aromatic rings. The van der Waals surface area contributed by atoms with Crippen LogP contribution in [-0.2, 0) is 4.79 Å². The van der Waals surface area contributed by atoms with Gasteiger partial charge in [0.05, 0.1) is 0 Å². The van der Waals surface area contributed by atoms with E-state index in [9.17, 15) is 4.79 Å². The lowest BCUT2D eigenvalue weighted by Crippen LogP contribution is -2.33. The largest absolute Gasteiger partial charge is 0.480 e. The van der Waals surface area contributed by atoms with E-state index < -0.39 is 5.97 Å². The van der Waals surface area contributed by atoms with Crippen LogP contribution in [0.5, 0.6) is 0 Å². The Balaban J connectivity index is 3.18. The van der Waals surface area contributed by atoms with E-state index in [-0.39, 0.29) is 6.04 Å². The van der Waals surface area contributed by atoms with Crippen molar-refractivity contribution in [1.29, 1.82) is 0 Å². The first kappa shape index (κ1) is 17.4. The summed E-state index contributed by atoms with van der Waals surface area (Å²) in [7, 11) is 1.72. The van der Waals surface area contributed by atoms with Crippen molar-refractivity contribution in [2.45, 2.75) is 83.6 Å². The van der Waals surface area contributed by atoms with Crippen molar-refractivity contribution < 1.29 is 9.90 Å². The maximum atomic E-state index is 10.8. The molecule has 0 heterocycles. The summed E-state index contributed by atoms with van der Waals surface area (Å²) in [6.45, 7) is 2.25. The van der Waals surface area contributed by atoms with E-state index in [0.717, 1.165) is 12.8 Å². The van der Waals surface area contributed by atoms with Crippen LogP contribution >= 0.6 is 0 Å². The highest BCUT2D eigenvalue weighted by Gasteiger charge is 2.13. The van der Waals surface area contributed by atoms with Crippen LogP contribution in [0.4, 0.5) is 0 Å². The molecule has 18 heavy (non-hydrogen) atoms. The molecule has 3 heteroatoms. The molecule has 1 atom stereocenters. The van der Waals surface area contributed by atoms with Crippen molar-refractivity contribution in [1.82, 2.24) is 5.32 Å². The standard InChI is InChI=1S/C15H31NO2/c1-3-4-5-6-7-8-9-10-11-12-13-14(16-2)15(17)18/h14,16H,3-13H2,1-2H3,(H,17,18). The summed E-state index contributed by atoms with van der Waals surface area (Å²) in [6, 6.07) is -0.362. The van der Waals surface area contributed by atoms with Gasteiger partial charge in [0.2, 0.25) is 0 Å². The number of aliphatic carboxylic acids is 1. The number of likely N-dealkylation sites (N-methyl/N-ethyl adjacent to an activating group) is 1. The number of carbonyl (C=O) groups is 1. The van der Waals surface area contributed by atoms with Crippen LogP contribution in [0.2, 0.25) is 0 Å². The summed E-state index contributed by atoms with van der Waals surface area (Å²) in [5.41, 5.74) is 0. The lowest BCUT2D eigenvalue weighted by Gasteiger charge is -2.10. The van der Waals surface area contributed by atoms with Crippen molar-refractivity contribution >= 4 is 5.97 Å². The zero-order chi connectivity index (χ0) is 13.6. The molecule has 0 saturated heterocycles. The van der Waals surface area contributed by atoms with E-state index in [0.29, 0.717) is 0 Å². The molecule has 0 bridgehead atoms. The molecule has 3 nitrogen and oxygen atoms in total. The highest BCUT2D eigenvalue weighted by atomic mass is 16.4. The molecular weight excluding hydrogens is 226 g/mol. The second-order valence-corrected chi connectivity index (χ2v) is 5.15. The maximum Gasteiger partial charge on any atom is 0.320 e. The van der Waals surface area contributed by atoms with Crippen molar-refractivity contribution in [3.63, 3.8) is 0 Å². The van der Waals surface area contributed by atoms with Gasteiger partial charge in [-0.1, -0.05) is 71.1 Å². The smallest absolute Gasteiger partial charge is 0.320 e. The van der Waals surface area contributed by atoms with E-state index in [2.05, 4.69) is 12.2 Å². The van der Waals surface area contributed by atoms with Gasteiger partial charge in [-0.3, -0.25) is 4.79 Å². The Morgan fingerprint density at radius 2 is 1.39 bits per heavy atom. The number of hydrogen-bond acceptors (Lipinski definition) is 2. The van der Waals surface area contributed by atoms with Crippen molar-refractivity contribution in [2.75, 3.05) is 7.05 Å². The van der Waals surface area contributed by atoms with Gasteiger partial charge in [0.25, 0.3) is 0 Å². The monoisotopic (exact) mass is 257 g/mol. The average molecular weight is 257 g/mol. The van der Waals surface area contributed by atoms with Crippen LogP contribution in [0.1, 0.15) is 77.6 Å². The highest BCUT2D eigenvalue weighted by molar-refractivity contribution is 5.73. The molecular formula is C15H31NO2. The molecule has 0 aliphatic rings. The predicted molar refractivity (Wildman–Crippen MR) is 76.9 cm³/mol. The van der Waals surface area contributed by atoms with E-state index in [4.69, 9.17) is 5.11 Å². The molecule has 0 aliphatic heterocycles. The van der Waals surface area contributed by atoms with Gasteiger partial charge in [0.1, 0.15) is 6.04 Å². The van der Waals surface area contributed by atoms with Crippen LogP contribution < -0.4 is 5.32 Å². The highest BCUT2D eigenvalue weighted by Crippen LogP contribution is 2.11. The first-order valence-electron chi connectivity index (χ1n) is 7.62. The molecule has 1 unspecified atom stereocenters. The van der Waals surface area contributed by atoms with Crippen LogP contribution in [-0.4, -0.2) is 24.2 Å². The van der Waals surface area contributed by atoms with Crippen LogP contribution in [0, 0.1) is 0 Å². The Labute approximate surface area is 112 Å². The van der Waals surface area contributed by atoms with Gasteiger partial charge in [-0.25, -0.2) is 0 Å². The second kappa shape index (κ2) is 12.9. The third kappa shape index (κ3) is 10.6. The Morgan fingerprint density at radius 3 is 1.78 bits per heavy atom. The Hall–Kier alpha value is -0.570. The Morgan fingerprint density at radius 1 is 0.944 bits per heavy atom. The van der Waals surface area contributed by atoms with Crippen LogP contribution in [0.25, 0.3) is 0 Å². The van der Waals surface area contributed by atoms with E-state index in [1.807, 2.05) is 0 Å². The molecule has 2 N–H and O–H groups in total. The van der Waals surface area contributed by atoms with Crippen LogP contribution in [0.3, 0.4) is 0 Å². The van der Waals surface area contributed by atoms with E-state index in [1.165, 1.54) is 57.8 Å². The van der Waals surface area contributed by atoms with Gasteiger partial charge >= 0.3 is 5.97 Å². The number of hydrogen-bond donors (Lipinski definition) is 2. The molecule has 0 aromatic carbocycles. The molecule has 0 spiro atoms. The van der Waals surface area contributed by atoms with E-state index in [1.54, 1.807) is 7.05 Å². The number of rotatable bonds is 13. The molecule has 0 rings (SSSR count). The summed E-state index contributed by atoms with van der Waals surface area (Å²) >= 11 is 0. The molecule has 0 radical (unpaired) electrons.